The average Bonchev–Trinajstić information content (AvgIpc) is 2.51. The molecule has 1 atom stereocenters. The van der Waals surface area contributed by atoms with E-state index in [0.29, 0.717) is 39.6 Å². The first-order valence-corrected chi connectivity index (χ1v) is 10.4. The molecule has 0 bridgehead atoms. The van der Waals surface area contributed by atoms with Crippen LogP contribution in [0.1, 0.15) is 13.3 Å². The van der Waals surface area contributed by atoms with Crippen LogP contribution in [-0.2, 0) is 28.8 Å². The minimum atomic E-state index is -3.25. The highest BCUT2D eigenvalue weighted by Gasteiger charge is 2.28. The fourth-order valence-electron chi connectivity index (χ4n) is 1.46. The van der Waals surface area contributed by atoms with Gasteiger partial charge in [0.1, 0.15) is 4.84 Å². The lowest BCUT2D eigenvalue weighted by molar-refractivity contribution is 0.00555. The Morgan fingerprint density at radius 3 is 1.83 bits per heavy atom. The Morgan fingerprint density at radius 1 is 0.917 bits per heavy atom. The molecule has 2 N–H and O–H groups in total. The SMILES string of the molecule is COCCOCCOCCOCCS(=O)(=O)CCC(C)(N)C(Cl)Cl. The highest BCUT2D eigenvalue weighted by atomic mass is 35.5. The maximum Gasteiger partial charge on any atom is 0.152 e. The van der Waals surface area contributed by atoms with Crippen LogP contribution in [0.4, 0.5) is 0 Å². The molecular weight excluding hydrogens is 381 g/mol. The minimum absolute atomic E-state index is 0.0710. The summed E-state index contributed by atoms with van der Waals surface area (Å²) in [6.45, 7) is 4.47. The molecule has 0 aliphatic heterocycles. The third-order valence-corrected chi connectivity index (χ3v) is 5.78. The first-order valence-electron chi connectivity index (χ1n) is 7.71. The quantitative estimate of drug-likeness (QED) is 0.300. The maximum absolute atomic E-state index is 11.9. The number of halogens is 2. The molecule has 0 aromatic heterocycles. The summed E-state index contributed by atoms with van der Waals surface area (Å²) in [6.07, 6.45) is 0.194. The van der Waals surface area contributed by atoms with Crippen LogP contribution in [0.2, 0.25) is 0 Å². The van der Waals surface area contributed by atoms with E-state index >= 15 is 0 Å². The van der Waals surface area contributed by atoms with Gasteiger partial charge in [0.05, 0.1) is 57.8 Å². The number of alkyl halides is 2. The average molecular weight is 410 g/mol. The van der Waals surface area contributed by atoms with Crippen LogP contribution in [0.3, 0.4) is 0 Å². The molecule has 7 nitrogen and oxygen atoms in total. The Hall–Kier alpha value is 0.330. The Labute approximate surface area is 155 Å². The highest BCUT2D eigenvalue weighted by Crippen LogP contribution is 2.21. The normalized spacial score (nSPS) is 14.9. The van der Waals surface area contributed by atoms with Gasteiger partial charge in [-0.05, 0) is 13.3 Å². The van der Waals surface area contributed by atoms with Crippen molar-refractivity contribution in [2.24, 2.45) is 5.73 Å². The van der Waals surface area contributed by atoms with Crippen LogP contribution in [-0.4, -0.2) is 83.7 Å². The zero-order valence-electron chi connectivity index (χ0n) is 14.3. The van der Waals surface area contributed by atoms with E-state index in [1.54, 1.807) is 14.0 Å². The molecule has 0 saturated carbocycles. The summed E-state index contributed by atoms with van der Waals surface area (Å²) in [5, 5.41) is 0. The molecule has 0 fully saturated rings. The second kappa shape index (κ2) is 13.5. The van der Waals surface area contributed by atoms with Crippen LogP contribution in [0.15, 0.2) is 0 Å². The van der Waals surface area contributed by atoms with Gasteiger partial charge in [-0.25, -0.2) is 8.42 Å². The summed E-state index contributed by atoms with van der Waals surface area (Å²) < 4.78 is 44.3. The van der Waals surface area contributed by atoms with Gasteiger partial charge < -0.3 is 24.7 Å². The molecular formula is C14H29Cl2NO6S. The van der Waals surface area contributed by atoms with Crippen LogP contribution < -0.4 is 5.73 Å². The van der Waals surface area contributed by atoms with Crippen LogP contribution >= 0.6 is 23.2 Å². The van der Waals surface area contributed by atoms with Crippen molar-refractivity contribution >= 4 is 33.0 Å². The van der Waals surface area contributed by atoms with E-state index in [9.17, 15) is 8.42 Å². The molecule has 10 heteroatoms. The third kappa shape index (κ3) is 13.6. The van der Waals surface area contributed by atoms with E-state index in [1.807, 2.05) is 0 Å². The number of methoxy groups -OCH3 is 1. The topological polar surface area (TPSA) is 97.1 Å². The number of sulfone groups is 1. The van der Waals surface area contributed by atoms with E-state index in [-0.39, 0.29) is 24.5 Å². The molecule has 0 aliphatic rings. The number of rotatable bonds is 16. The number of ether oxygens (including phenoxy) is 4. The van der Waals surface area contributed by atoms with Gasteiger partial charge in [-0.3, -0.25) is 0 Å². The van der Waals surface area contributed by atoms with Crippen molar-refractivity contribution in [1.29, 1.82) is 0 Å². The molecule has 0 aromatic rings. The van der Waals surface area contributed by atoms with Gasteiger partial charge in [-0.15, -0.1) is 23.2 Å². The van der Waals surface area contributed by atoms with E-state index in [0.717, 1.165) is 0 Å². The Bertz CT molecular complexity index is 406. The van der Waals surface area contributed by atoms with E-state index in [2.05, 4.69) is 0 Å². The lowest BCUT2D eigenvalue weighted by atomic mass is 10.0. The number of hydrogen-bond donors (Lipinski definition) is 1. The van der Waals surface area contributed by atoms with Gasteiger partial charge in [0, 0.05) is 12.6 Å². The molecule has 0 aromatic carbocycles. The summed E-state index contributed by atoms with van der Waals surface area (Å²) in [4.78, 5) is -0.820. The number of hydrogen-bond acceptors (Lipinski definition) is 7. The highest BCUT2D eigenvalue weighted by molar-refractivity contribution is 7.91. The first-order chi connectivity index (χ1) is 11.2. The largest absolute Gasteiger partial charge is 0.382 e. The second-order valence-corrected chi connectivity index (χ2v) is 8.94. The summed E-state index contributed by atoms with van der Waals surface area (Å²) in [6, 6.07) is 0. The lowest BCUT2D eigenvalue weighted by Gasteiger charge is -2.25. The molecule has 0 radical (unpaired) electrons. The predicted octanol–water partition coefficient (Wildman–Crippen LogP) is 1.01. The fraction of sp³-hybridized carbons (Fsp3) is 1.00. The molecule has 0 heterocycles. The standard InChI is InChI=1S/C14H29Cl2NO6S/c1-14(17,13(15)16)3-11-24(18,19)12-10-23-9-8-22-7-6-21-5-4-20-2/h13H,3-12,17H2,1-2H3. The Kier molecular flexibility index (Phi) is 13.7. The van der Waals surface area contributed by atoms with Gasteiger partial charge in [-0.2, -0.15) is 0 Å². The van der Waals surface area contributed by atoms with Crippen LogP contribution in [0, 0.1) is 0 Å². The summed E-state index contributed by atoms with van der Waals surface area (Å²) in [5.41, 5.74) is 4.90. The number of nitrogens with two attached hydrogens (primary N) is 1. The lowest BCUT2D eigenvalue weighted by Crippen LogP contribution is -2.44. The summed E-state index contributed by atoms with van der Waals surface area (Å²) in [5.74, 6) is -0.146. The van der Waals surface area contributed by atoms with Crippen LogP contribution in [0.5, 0.6) is 0 Å². The Balaban J connectivity index is 3.59. The minimum Gasteiger partial charge on any atom is -0.382 e. The molecule has 0 aliphatic carbocycles. The van der Waals surface area contributed by atoms with Gasteiger partial charge in [-0.1, -0.05) is 0 Å². The van der Waals surface area contributed by atoms with E-state index in [4.69, 9.17) is 47.9 Å². The van der Waals surface area contributed by atoms with Crippen molar-refractivity contribution in [2.75, 3.05) is 64.9 Å². The molecule has 0 saturated heterocycles. The molecule has 0 spiro atoms. The van der Waals surface area contributed by atoms with Gasteiger partial charge in [0.2, 0.25) is 0 Å². The molecule has 0 amide bonds. The zero-order chi connectivity index (χ0) is 18.5. The van der Waals surface area contributed by atoms with E-state index < -0.39 is 20.2 Å². The zero-order valence-corrected chi connectivity index (χ0v) is 16.7. The van der Waals surface area contributed by atoms with E-state index in [1.165, 1.54) is 0 Å². The van der Waals surface area contributed by atoms with Crippen LogP contribution in [0.25, 0.3) is 0 Å². The smallest absolute Gasteiger partial charge is 0.152 e. The molecule has 146 valence electrons. The molecule has 24 heavy (non-hydrogen) atoms. The summed E-state index contributed by atoms with van der Waals surface area (Å²) >= 11 is 11.4. The summed E-state index contributed by atoms with van der Waals surface area (Å²) in [7, 11) is -1.64. The van der Waals surface area contributed by atoms with Crippen molar-refractivity contribution in [3.8, 4) is 0 Å². The van der Waals surface area contributed by atoms with Gasteiger partial charge in [0.25, 0.3) is 0 Å². The predicted molar refractivity (Wildman–Crippen MR) is 95.7 cm³/mol. The van der Waals surface area contributed by atoms with Crippen molar-refractivity contribution < 1.29 is 27.4 Å². The van der Waals surface area contributed by atoms with Crippen molar-refractivity contribution in [2.45, 2.75) is 23.7 Å². The third-order valence-electron chi connectivity index (χ3n) is 3.16. The first kappa shape index (κ1) is 24.3. The van der Waals surface area contributed by atoms with Crippen molar-refractivity contribution in [3.63, 3.8) is 0 Å². The monoisotopic (exact) mass is 409 g/mol. The van der Waals surface area contributed by atoms with Gasteiger partial charge >= 0.3 is 0 Å². The van der Waals surface area contributed by atoms with Gasteiger partial charge in [0.15, 0.2) is 9.84 Å². The van der Waals surface area contributed by atoms with Crippen molar-refractivity contribution in [1.82, 2.24) is 0 Å². The molecule has 0 rings (SSSR count). The fourth-order valence-corrected chi connectivity index (χ4v) is 3.00. The molecule has 1 unspecified atom stereocenters. The maximum atomic E-state index is 11.9. The second-order valence-electron chi connectivity index (χ2n) is 5.54. The Morgan fingerprint density at radius 2 is 1.38 bits per heavy atom. The van der Waals surface area contributed by atoms with Crippen molar-refractivity contribution in [3.05, 3.63) is 0 Å².